The van der Waals surface area contributed by atoms with Gasteiger partial charge in [0.15, 0.2) is 11.6 Å². The summed E-state index contributed by atoms with van der Waals surface area (Å²) in [6, 6.07) is 10.5. The lowest BCUT2D eigenvalue weighted by molar-refractivity contribution is 0.0168. The van der Waals surface area contributed by atoms with Crippen LogP contribution in [0.3, 0.4) is 0 Å². The Kier molecular flexibility index (Phi) is 6.88. The van der Waals surface area contributed by atoms with E-state index in [9.17, 15) is 23.8 Å². The lowest BCUT2D eigenvalue weighted by Crippen LogP contribution is -2.36. The Morgan fingerprint density at radius 3 is 2.46 bits per heavy atom. The largest absolute Gasteiger partial charge is 0.496 e. The van der Waals surface area contributed by atoms with Crippen LogP contribution in [0.1, 0.15) is 17.2 Å². The number of aliphatic hydroxyl groups is 2. The zero-order chi connectivity index (χ0) is 19.1. The molecule has 0 bridgehead atoms. The second-order valence-corrected chi connectivity index (χ2v) is 5.46. The van der Waals surface area contributed by atoms with Crippen molar-refractivity contribution in [2.24, 2.45) is 0 Å². The Bertz CT molecular complexity index is 742. The summed E-state index contributed by atoms with van der Waals surface area (Å²) in [5.41, 5.74) is 0.646. The van der Waals surface area contributed by atoms with Gasteiger partial charge in [0.05, 0.1) is 7.11 Å². The third-order valence-electron chi connectivity index (χ3n) is 3.62. The molecule has 140 valence electrons. The second kappa shape index (κ2) is 9.12. The van der Waals surface area contributed by atoms with Gasteiger partial charge in [-0.05, 0) is 11.6 Å². The van der Waals surface area contributed by atoms with Crippen molar-refractivity contribution < 1.29 is 33.3 Å². The smallest absolute Gasteiger partial charge is 0.407 e. The highest BCUT2D eigenvalue weighted by Crippen LogP contribution is 2.29. The minimum Gasteiger partial charge on any atom is -0.496 e. The molecular formula is C18H19F2NO5. The number of carbonyl (C=O) groups is 1. The van der Waals surface area contributed by atoms with E-state index in [0.717, 1.165) is 17.7 Å². The van der Waals surface area contributed by atoms with E-state index in [1.165, 1.54) is 7.11 Å². The average Bonchev–Trinajstić information content (AvgIpc) is 2.66. The maximum atomic E-state index is 13.4. The zero-order valence-electron chi connectivity index (χ0n) is 14.0. The van der Waals surface area contributed by atoms with Crippen LogP contribution in [0.15, 0.2) is 42.5 Å². The molecule has 2 unspecified atom stereocenters. The first kappa shape index (κ1) is 19.6. The monoisotopic (exact) mass is 367 g/mol. The second-order valence-electron chi connectivity index (χ2n) is 5.46. The molecular weight excluding hydrogens is 348 g/mol. The van der Waals surface area contributed by atoms with Crippen LogP contribution in [-0.2, 0) is 11.3 Å². The van der Waals surface area contributed by atoms with Crippen LogP contribution < -0.4 is 10.1 Å². The van der Waals surface area contributed by atoms with Crippen molar-refractivity contribution in [1.82, 2.24) is 5.32 Å². The van der Waals surface area contributed by atoms with E-state index in [1.54, 1.807) is 24.3 Å². The summed E-state index contributed by atoms with van der Waals surface area (Å²) in [5, 5.41) is 22.4. The molecule has 0 radical (unpaired) electrons. The summed E-state index contributed by atoms with van der Waals surface area (Å²) in [6.45, 7) is -0.320. The van der Waals surface area contributed by atoms with Crippen LogP contribution in [0.4, 0.5) is 13.6 Å². The number of hydrogen-bond donors (Lipinski definition) is 3. The van der Waals surface area contributed by atoms with Gasteiger partial charge in [-0.2, -0.15) is 0 Å². The molecule has 0 saturated heterocycles. The minimum atomic E-state index is -1.60. The van der Waals surface area contributed by atoms with Gasteiger partial charge in [-0.25, -0.2) is 13.6 Å². The number of alkyl carbamates (subject to hydrolysis) is 1. The molecule has 0 heterocycles. The van der Waals surface area contributed by atoms with Crippen LogP contribution in [0, 0.1) is 11.6 Å². The van der Waals surface area contributed by atoms with E-state index in [-0.39, 0.29) is 24.5 Å². The molecule has 1 amide bonds. The number of methoxy groups -OCH3 is 1. The number of aliphatic hydroxyl groups excluding tert-OH is 2. The Morgan fingerprint density at radius 2 is 1.81 bits per heavy atom. The summed E-state index contributed by atoms with van der Waals surface area (Å²) in [5.74, 6) is -2.46. The van der Waals surface area contributed by atoms with Crippen LogP contribution >= 0.6 is 0 Å². The molecule has 0 saturated carbocycles. The predicted octanol–water partition coefficient (Wildman–Crippen LogP) is 2.29. The number of nitrogens with one attached hydrogen (secondary N) is 1. The highest BCUT2D eigenvalue weighted by atomic mass is 19.2. The quantitative estimate of drug-likeness (QED) is 0.699. The third-order valence-corrected chi connectivity index (χ3v) is 3.62. The fourth-order valence-electron chi connectivity index (χ4n) is 2.23. The fourth-order valence-corrected chi connectivity index (χ4v) is 2.23. The van der Waals surface area contributed by atoms with E-state index >= 15 is 0 Å². The Balaban J connectivity index is 1.90. The van der Waals surface area contributed by atoms with Gasteiger partial charge in [0.25, 0.3) is 0 Å². The van der Waals surface area contributed by atoms with E-state index in [1.807, 2.05) is 6.07 Å². The molecule has 0 aliphatic heterocycles. The number of amides is 1. The SMILES string of the molecule is COc1cc(F)c(F)cc1C(O)C(O)CNC(=O)OCc1ccccc1. The van der Waals surface area contributed by atoms with Crippen LogP contribution in [0.5, 0.6) is 5.75 Å². The molecule has 0 aliphatic rings. The summed E-state index contributed by atoms with van der Waals surface area (Å²) in [7, 11) is 1.22. The highest BCUT2D eigenvalue weighted by molar-refractivity contribution is 5.67. The van der Waals surface area contributed by atoms with Gasteiger partial charge in [-0.15, -0.1) is 0 Å². The molecule has 26 heavy (non-hydrogen) atoms. The summed E-state index contributed by atoms with van der Waals surface area (Å²) in [6.07, 6.45) is -3.88. The lowest BCUT2D eigenvalue weighted by Gasteiger charge is -2.20. The molecule has 0 aliphatic carbocycles. The first-order chi connectivity index (χ1) is 12.4. The average molecular weight is 367 g/mol. The minimum absolute atomic E-state index is 0.0440. The van der Waals surface area contributed by atoms with Crippen molar-refractivity contribution in [1.29, 1.82) is 0 Å². The van der Waals surface area contributed by atoms with Crippen molar-refractivity contribution in [3.05, 3.63) is 65.2 Å². The van der Waals surface area contributed by atoms with Gasteiger partial charge >= 0.3 is 6.09 Å². The topological polar surface area (TPSA) is 88.0 Å². The maximum absolute atomic E-state index is 13.4. The molecule has 8 heteroatoms. The van der Waals surface area contributed by atoms with E-state index in [0.29, 0.717) is 0 Å². The van der Waals surface area contributed by atoms with E-state index < -0.39 is 29.9 Å². The van der Waals surface area contributed by atoms with Gasteiger partial charge in [0.2, 0.25) is 0 Å². The van der Waals surface area contributed by atoms with E-state index in [2.05, 4.69) is 5.32 Å². The molecule has 0 spiro atoms. The Hall–Kier alpha value is -2.71. The van der Waals surface area contributed by atoms with E-state index in [4.69, 9.17) is 9.47 Å². The normalized spacial score (nSPS) is 13.0. The van der Waals surface area contributed by atoms with Crippen molar-refractivity contribution in [2.45, 2.75) is 18.8 Å². The molecule has 2 aromatic rings. The number of rotatable bonds is 7. The van der Waals surface area contributed by atoms with Gasteiger partial charge in [-0.3, -0.25) is 0 Å². The van der Waals surface area contributed by atoms with Gasteiger partial charge in [-0.1, -0.05) is 30.3 Å². The molecule has 0 fully saturated rings. The number of carbonyl (C=O) groups excluding carboxylic acids is 1. The van der Waals surface area contributed by atoms with Crippen molar-refractivity contribution in [3.8, 4) is 5.75 Å². The summed E-state index contributed by atoms with van der Waals surface area (Å²) >= 11 is 0. The van der Waals surface area contributed by atoms with Crippen molar-refractivity contribution in [3.63, 3.8) is 0 Å². The number of hydrogen-bond acceptors (Lipinski definition) is 5. The van der Waals surface area contributed by atoms with Crippen LogP contribution in [0.2, 0.25) is 0 Å². The standard InChI is InChI=1S/C18H19F2NO5/c1-25-16-8-14(20)13(19)7-12(16)17(23)15(22)9-21-18(24)26-10-11-5-3-2-4-6-11/h2-8,15,17,22-23H,9-10H2,1H3,(H,21,24). The summed E-state index contributed by atoms with van der Waals surface area (Å²) in [4.78, 5) is 11.6. The Morgan fingerprint density at radius 1 is 1.15 bits per heavy atom. The Labute approximate surface area is 149 Å². The molecule has 3 N–H and O–H groups in total. The highest BCUT2D eigenvalue weighted by Gasteiger charge is 2.24. The lowest BCUT2D eigenvalue weighted by atomic mass is 10.0. The van der Waals surface area contributed by atoms with Crippen LogP contribution in [0.25, 0.3) is 0 Å². The first-order valence-corrected chi connectivity index (χ1v) is 7.76. The predicted molar refractivity (Wildman–Crippen MR) is 88.5 cm³/mol. The van der Waals surface area contributed by atoms with Gasteiger partial charge in [0.1, 0.15) is 24.6 Å². The van der Waals surface area contributed by atoms with Gasteiger partial charge < -0.3 is 25.0 Å². The molecule has 6 nitrogen and oxygen atoms in total. The molecule has 0 aromatic heterocycles. The number of benzene rings is 2. The molecule has 2 rings (SSSR count). The number of halogens is 2. The fraction of sp³-hybridized carbons (Fsp3) is 0.278. The van der Waals surface area contributed by atoms with Crippen LogP contribution in [-0.4, -0.2) is 36.1 Å². The van der Waals surface area contributed by atoms with Crippen molar-refractivity contribution in [2.75, 3.05) is 13.7 Å². The van der Waals surface area contributed by atoms with Gasteiger partial charge in [0, 0.05) is 18.2 Å². The maximum Gasteiger partial charge on any atom is 0.407 e. The first-order valence-electron chi connectivity index (χ1n) is 7.76. The molecule has 2 aromatic carbocycles. The molecule has 2 atom stereocenters. The summed E-state index contributed by atoms with van der Waals surface area (Å²) < 4.78 is 36.4. The number of ether oxygens (including phenoxy) is 2. The third kappa shape index (κ3) is 5.14. The van der Waals surface area contributed by atoms with Crippen molar-refractivity contribution >= 4 is 6.09 Å². The zero-order valence-corrected chi connectivity index (χ0v) is 14.0.